The molecule has 2 aromatic rings. The third-order valence-corrected chi connectivity index (χ3v) is 3.90. The van der Waals surface area contributed by atoms with Crippen LogP contribution in [0.5, 0.6) is 0 Å². The molecule has 0 bridgehead atoms. The lowest BCUT2D eigenvalue weighted by atomic mass is 9.92. The van der Waals surface area contributed by atoms with Gasteiger partial charge in [-0.15, -0.1) is 0 Å². The van der Waals surface area contributed by atoms with Crippen molar-refractivity contribution in [3.63, 3.8) is 0 Å². The highest BCUT2D eigenvalue weighted by Crippen LogP contribution is 2.30. The Morgan fingerprint density at radius 3 is 2.58 bits per heavy atom. The van der Waals surface area contributed by atoms with Crippen LogP contribution in [-0.4, -0.2) is 19.7 Å². The molecule has 0 spiro atoms. The molecule has 2 rings (SSSR count). The van der Waals surface area contributed by atoms with E-state index in [2.05, 4.69) is 53.4 Å². The molecular weight excluding hydrogens is 353 g/mol. The number of aromatic nitrogens is 4. The molecule has 2 heterocycles. The van der Waals surface area contributed by atoms with E-state index in [9.17, 15) is 0 Å². The molecular formula is C13H18IN5. The first-order valence-electron chi connectivity index (χ1n) is 6.20. The van der Waals surface area contributed by atoms with Gasteiger partial charge in [0.15, 0.2) is 5.82 Å². The van der Waals surface area contributed by atoms with E-state index in [-0.39, 0.29) is 5.41 Å². The summed E-state index contributed by atoms with van der Waals surface area (Å²) in [7, 11) is 0. The van der Waals surface area contributed by atoms with Crippen molar-refractivity contribution < 1.29 is 0 Å². The van der Waals surface area contributed by atoms with Crippen LogP contribution in [-0.2, 0) is 12.0 Å². The Labute approximate surface area is 126 Å². The lowest BCUT2D eigenvalue weighted by Gasteiger charge is -2.21. The van der Waals surface area contributed by atoms with Gasteiger partial charge in [-0.05, 0) is 35.6 Å². The van der Waals surface area contributed by atoms with E-state index < -0.39 is 0 Å². The number of nitrogen functional groups attached to an aromatic ring is 1. The summed E-state index contributed by atoms with van der Waals surface area (Å²) >= 11 is 2.21. The molecule has 19 heavy (non-hydrogen) atoms. The summed E-state index contributed by atoms with van der Waals surface area (Å²) in [5.41, 5.74) is 7.83. The molecule has 5 nitrogen and oxygen atoms in total. The lowest BCUT2D eigenvalue weighted by molar-refractivity contribution is 0.563. The summed E-state index contributed by atoms with van der Waals surface area (Å²) in [6, 6.07) is 1.91. The van der Waals surface area contributed by atoms with Crippen molar-refractivity contribution >= 4 is 28.4 Å². The normalized spacial score (nSPS) is 11.8. The molecule has 2 N–H and O–H groups in total. The minimum absolute atomic E-state index is 0.0700. The van der Waals surface area contributed by atoms with E-state index >= 15 is 0 Å². The number of anilines is 1. The van der Waals surface area contributed by atoms with Crippen LogP contribution in [0.25, 0.3) is 11.5 Å². The second-order valence-corrected chi connectivity index (χ2v) is 6.46. The van der Waals surface area contributed by atoms with Crippen LogP contribution in [0.4, 0.5) is 5.82 Å². The number of halogens is 1. The largest absolute Gasteiger partial charge is 0.383 e. The van der Waals surface area contributed by atoms with Crippen LogP contribution in [0.2, 0.25) is 0 Å². The Bertz CT molecular complexity index is 598. The van der Waals surface area contributed by atoms with Crippen LogP contribution in [0.15, 0.2) is 12.3 Å². The number of nitrogens with two attached hydrogens (primary N) is 1. The molecule has 6 heteroatoms. The predicted octanol–water partition coefficient (Wildman–Crippen LogP) is 2.84. The molecule has 0 aliphatic carbocycles. The molecule has 2 aromatic heterocycles. The highest BCUT2D eigenvalue weighted by molar-refractivity contribution is 14.1. The lowest BCUT2D eigenvalue weighted by Crippen LogP contribution is -2.19. The Hall–Kier alpha value is -1.18. The van der Waals surface area contributed by atoms with Gasteiger partial charge in [0.05, 0.1) is 9.26 Å². The Kier molecular flexibility index (Phi) is 3.80. The number of nitrogens with zero attached hydrogens (tertiary/aromatic N) is 4. The van der Waals surface area contributed by atoms with E-state index in [1.807, 2.05) is 17.7 Å². The van der Waals surface area contributed by atoms with Gasteiger partial charge in [0.1, 0.15) is 11.5 Å². The topological polar surface area (TPSA) is 69.6 Å². The zero-order valence-electron chi connectivity index (χ0n) is 11.6. The quantitative estimate of drug-likeness (QED) is 0.825. The van der Waals surface area contributed by atoms with E-state index in [1.165, 1.54) is 0 Å². The molecule has 0 amide bonds. The summed E-state index contributed by atoms with van der Waals surface area (Å²) in [6.07, 6.45) is 1.76. The number of rotatable bonds is 2. The summed E-state index contributed by atoms with van der Waals surface area (Å²) in [5.74, 6) is 1.17. The highest BCUT2D eigenvalue weighted by Gasteiger charge is 2.23. The fourth-order valence-electron chi connectivity index (χ4n) is 1.85. The summed E-state index contributed by atoms with van der Waals surface area (Å²) in [6.45, 7) is 9.19. The van der Waals surface area contributed by atoms with E-state index in [4.69, 9.17) is 10.7 Å². The van der Waals surface area contributed by atoms with Crippen molar-refractivity contribution in [1.82, 2.24) is 19.7 Å². The molecule has 0 saturated heterocycles. The van der Waals surface area contributed by atoms with Gasteiger partial charge < -0.3 is 5.73 Å². The van der Waals surface area contributed by atoms with Crippen LogP contribution >= 0.6 is 22.6 Å². The summed E-state index contributed by atoms with van der Waals surface area (Å²) < 4.78 is 2.80. The molecule has 0 aliphatic heterocycles. The zero-order valence-corrected chi connectivity index (χ0v) is 13.8. The molecule has 0 aromatic carbocycles. The van der Waals surface area contributed by atoms with Crippen molar-refractivity contribution in [1.29, 1.82) is 0 Å². The fourth-order valence-corrected chi connectivity index (χ4v) is 2.90. The van der Waals surface area contributed by atoms with Gasteiger partial charge in [-0.3, -0.25) is 4.68 Å². The first-order chi connectivity index (χ1) is 8.84. The van der Waals surface area contributed by atoms with Crippen molar-refractivity contribution in [2.75, 3.05) is 5.73 Å². The number of aryl methyl sites for hydroxylation is 1. The van der Waals surface area contributed by atoms with Crippen molar-refractivity contribution in [3.05, 3.63) is 21.5 Å². The smallest absolute Gasteiger partial charge is 0.180 e. The van der Waals surface area contributed by atoms with Crippen LogP contribution in [0, 0.1) is 3.57 Å². The maximum Gasteiger partial charge on any atom is 0.180 e. The van der Waals surface area contributed by atoms with E-state index in [0.717, 1.165) is 21.5 Å². The third kappa shape index (κ3) is 2.72. The molecule has 0 atom stereocenters. The Balaban J connectivity index is 2.64. The second-order valence-electron chi connectivity index (χ2n) is 5.38. The summed E-state index contributed by atoms with van der Waals surface area (Å²) in [5, 5.41) is 4.25. The maximum absolute atomic E-state index is 6.03. The van der Waals surface area contributed by atoms with E-state index in [0.29, 0.717) is 11.6 Å². The minimum Gasteiger partial charge on any atom is -0.383 e. The van der Waals surface area contributed by atoms with Crippen LogP contribution in [0.1, 0.15) is 33.4 Å². The Morgan fingerprint density at radius 1 is 1.32 bits per heavy atom. The highest BCUT2D eigenvalue weighted by atomic mass is 127. The van der Waals surface area contributed by atoms with Gasteiger partial charge in [0.25, 0.3) is 0 Å². The van der Waals surface area contributed by atoms with Gasteiger partial charge in [-0.25, -0.2) is 9.97 Å². The average Bonchev–Trinajstić information content (AvgIpc) is 2.79. The second kappa shape index (κ2) is 5.07. The fraction of sp³-hybridized carbons (Fsp3) is 0.462. The Morgan fingerprint density at radius 2 is 2.00 bits per heavy atom. The predicted molar refractivity (Wildman–Crippen MR) is 84.8 cm³/mol. The SMILES string of the molecule is CCn1nccc1-c1nc(N)c(I)c(C(C)(C)C)n1. The third-order valence-electron chi connectivity index (χ3n) is 2.83. The van der Waals surface area contributed by atoms with Gasteiger partial charge in [0.2, 0.25) is 0 Å². The maximum atomic E-state index is 6.03. The van der Waals surface area contributed by atoms with Crippen LogP contribution in [0.3, 0.4) is 0 Å². The van der Waals surface area contributed by atoms with Gasteiger partial charge >= 0.3 is 0 Å². The minimum atomic E-state index is -0.0700. The molecule has 0 saturated carbocycles. The van der Waals surface area contributed by atoms with Crippen molar-refractivity contribution in [2.24, 2.45) is 0 Å². The van der Waals surface area contributed by atoms with E-state index in [1.54, 1.807) is 6.20 Å². The summed E-state index contributed by atoms with van der Waals surface area (Å²) in [4.78, 5) is 9.09. The van der Waals surface area contributed by atoms with Crippen molar-refractivity contribution in [3.8, 4) is 11.5 Å². The monoisotopic (exact) mass is 371 g/mol. The molecule has 0 radical (unpaired) electrons. The molecule has 0 fully saturated rings. The number of hydrogen-bond acceptors (Lipinski definition) is 4. The first-order valence-corrected chi connectivity index (χ1v) is 7.28. The zero-order chi connectivity index (χ0) is 14.2. The molecule has 102 valence electrons. The molecule has 0 unspecified atom stereocenters. The number of hydrogen-bond donors (Lipinski definition) is 1. The van der Waals surface area contributed by atoms with Crippen LogP contribution < -0.4 is 5.73 Å². The molecule has 0 aliphatic rings. The average molecular weight is 371 g/mol. The van der Waals surface area contributed by atoms with Gasteiger partial charge in [-0.1, -0.05) is 20.8 Å². The van der Waals surface area contributed by atoms with Gasteiger partial charge in [0, 0.05) is 18.2 Å². The van der Waals surface area contributed by atoms with Crippen molar-refractivity contribution in [2.45, 2.75) is 39.7 Å². The first kappa shape index (κ1) is 14.2. The standard InChI is InChI=1S/C13H18IN5/c1-5-19-8(6-7-16-19)12-17-10(13(2,3)4)9(14)11(15)18-12/h6-7H,5H2,1-4H3,(H2,15,17,18). The van der Waals surface area contributed by atoms with Gasteiger partial charge in [-0.2, -0.15) is 5.10 Å².